The zero-order chi connectivity index (χ0) is 20.4. The topological polar surface area (TPSA) is 12.4 Å². The van der Waals surface area contributed by atoms with Crippen molar-refractivity contribution < 1.29 is 0 Å². The second-order valence-corrected chi connectivity index (χ2v) is 17.0. The highest BCUT2D eigenvalue weighted by molar-refractivity contribution is 8.01. The summed E-state index contributed by atoms with van der Waals surface area (Å²) >= 11 is 0. The van der Waals surface area contributed by atoms with E-state index in [9.17, 15) is 0 Å². The van der Waals surface area contributed by atoms with Crippen LogP contribution in [0.3, 0.4) is 0 Å². The molecule has 1 rings (SSSR count). The molecule has 1 aromatic rings. The van der Waals surface area contributed by atoms with Gasteiger partial charge in [0, 0.05) is 27.2 Å². The Hall–Kier alpha value is -0.495. The van der Waals surface area contributed by atoms with Gasteiger partial charge < -0.3 is 0 Å². The normalized spacial score (nSPS) is 13.6. The van der Waals surface area contributed by atoms with Crippen LogP contribution in [0.15, 0.2) is 34.8 Å². The third kappa shape index (κ3) is 4.86. The van der Waals surface area contributed by atoms with Gasteiger partial charge in [0.15, 0.2) is 7.57 Å². The van der Waals surface area contributed by atoms with Gasteiger partial charge in [0.05, 0.1) is 7.05 Å². The maximum absolute atomic E-state index is 5.96. The largest absolute Gasteiger partial charge is 0.185 e. The standard InChI is InChI=1S/C22H40BNP2/c1-18(2)26(23,19(3)4)24-25(21(5,6)7,22(8,9)10)17-16-20-14-12-11-13-15-20/h11-15,18-19H,1-10,23H3. The van der Waals surface area contributed by atoms with Crippen molar-refractivity contribution in [3.8, 4) is 11.6 Å². The summed E-state index contributed by atoms with van der Waals surface area (Å²) in [7, 11) is -2.96. The summed E-state index contributed by atoms with van der Waals surface area (Å²) in [6.45, 7) is 23.9. The summed E-state index contributed by atoms with van der Waals surface area (Å²) in [5, 5.41) is 0.187. The van der Waals surface area contributed by atoms with E-state index < -0.39 is 14.3 Å². The molecule has 0 aliphatic heterocycles. The first kappa shape index (κ1) is 23.5. The lowest BCUT2D eigenvalue weighted by Gasteiger charge is -2.46. The molecule has 0 spiro atoms. The van der Waals surface area contributed by atoms with Crippen LogP contribution in [0.1, 0.15) is 74.8 Å². The summed E-state index contributed by atoms with van der Waals surface area (Å²) in [6.07, 6.45) is 0. The van der Waals surface area contributed by atoms with Crippen molar-refractivity contribution in [3.63, 3.8) is 0 Å². The summed E-state index contributed by atoms with van der Waals surface area (Å²) in [5.74, 6) is 3.55. The average Bonchev–Trinajstić information content (AvgIpc) is 2.49. The summed E-state index contributed by atoms with van der Waals surface area (Å²) in [5.41, 5.74) is 6.37. The molecule has 146 valence electrons. The minimum absolute atomic E-state index is 0.0936. The lowest BCUT2D eigenvalue weighted by Crippen LogP contribution is -2.29. The fourth-order valence-electron chi connectivity index (χ4n) is 3.26. The molecule has 0 bridgehead atoms. The van der Waals surface area contributed by atoms with Gasteiger partial charge >= 0.3 is 0 Å². The molecule has 0 aliphatic rings. The van der Waals surface area contributed by atoms with Gasteiger partial charge in [0.2, 0.25) is 0 Å². The Balaban J connectivity index is 3.89. The Morgan fingerprint density at radius 2 is 1.31 bits per heavy atom. The predicted molar refractivity (Wildman–Crippen MR) is 129 cm³/mol. The lowest BCUT2D eigenvalue weighted by molar-refractivity contribution is 0.705. The molecule has 0 unspecified atom stereocenters. The van der Waals surface area contributed by atoms with E-state index in [0.29, 0.717) is 11.3 Å². The van der Waals surface area contributed by atoms with Crippen LogP contribution in [0.5, 0.6) is 0 Å². The number of rotatable bonds is 3. The maximum Gasteiger partial charge on any atom is 0.153 e. The Labute approximate surface area is 165 Å². The van der Waals surface area contributed by atoms with E-state index in [2.05, 4.69) is 111 Å². The van der Waals surface area contributed by atoms with Crippen LogP contribution in [0.25, 0.3) is 0 Å². The highest BCUT2D eigenvalue weighted by Gasteiger charge is 2.47. The van der Waals surface area contributed by atoms with Gasteiger partial charge in [-0.1, -0.05) is 65.7 Å². The van der Waals surface area contributed by atoms with Gasteiger partial charge in [-0.3, -0.25) is 0 Å². The molecule has 0 saturated carbocycles. The Morgan fingerprint density at radius 3 is 1.65 bits per heavy atom. The first-order valence-electron chi connectivity index (χ1n) is 9.31. The molecule has 0 atom stereocenters. The van der Waals surface area contributed by atoms with E-state index in [0.717, 1.165) is 5.56 Å². The number of benzene rings is 1. The maximum atomic E-state index is 5.96. The number of hydrogen-bond acceptors (Lipinski definition) is 1. The van der Waals surface area contributed by atoms with E-state index in [1.807, 2.05) is 0 Å². The molecule has 0 N–H and O–H groups in total. The Bertz CT molecular complexity index is 684. The SMILES string of the molecule is [BH3-][P+](N=P(C#Cc1ccccc1)(C(C)(C)C)C(C)(C)C)(C(C)C)C(C)C. The zero-order valence-electron chi connectivity index (χ0n) is 17.9. The molecular weight excluding hydrogens is 351 g/mol. The van der Waals surface area contributed by atoms with Crippen molar-refractivity contribution in [1.29, 1.82) is 0 Å². The van der Waals surface area contributed by atoms with Crippen LogP contribution in [0.4, 0.5) is 0 Å². The van der Waals surface area contributed by atoms with Crippen LogP contribution >= 0.6 is 14.3 Å². The molecule has 4 heteroatoms. The number of hydrogen-bond donors (Lipinski definition) is 0. The Kier molecular flexibility index (Phi) is 7.47. The van der Waals surface area contributed by atoms with Crippen LogP contribution < -0.4 is 0 Å². The van der Waals surface area contributed by atoms with Gasteiger partial charge in [0.25, 0.3) is 0 Å². The van der Waals surface area contributed by atoms with Gasteiger partial charge in [-0.25, -0.2) is 0 Å². The van der Waals surface area contributed by atoms with E-state index in [1.165, 1.54) is 0 Å². The molecular formula is C22H40BNP2. The van der Waals surface area contributed by atoms with E-state index in [-0.39, 0.29) is 17.9 Å². The molecule has 0 radical (unpaired) electrons. The van der Waals surface area contributed by atoms with Crippen molar-refractivity contribution in [1.82, 2.24) is 0 Å². The molecule has 1 aromatic carbocycles. The summed E-state index contributed by atoms with van der Waals surface area (Å²) in [4.78, 5) is 0. The molecule has 0 heterocycles. The molecule has 0 saturated heterocycles. The van der Waals surface area contributed by atoms with Crippen molar-refractivity contribution in [2.24, 2.45) is 4.52 Å². The number of nitrogens with zero attached hydrogens (tertiary/aromatic N) is 1. The zero-order valence-corrected chi connectivity index (χ0v) is 19.7. The van der Waals surface area contributed by atoms with Crippen LogP contribution in [-0.2, 0) is 0 Å². The Morgan fingerprint density at radius 1 is 0.885 bits per heavy atom. The van der Waals surface area contributed by atoms with Crippen molar-refractivity contribution in [2.45, 2.75) is 90.9 Å². The molecule has 0 amide bonds. The first-order chi connectivity index (χ1) is 11.7. The second-order valence-electron chi connectivity index (χ2n) is 9.24. The average molecular weight is 391 g/mol. The highest BCUT2D eigenvalue weighted by Crippen LogP contribution is 2.78. The minimum Gasteiger partial charge on any atom is -0.185 e. The van der Waals surface area contributed by atoms with Crippen LogP contribution in [-0.4, -0.2) is 29.2 Å². The smallest absolute Gasteiger partial charge is 0.153 e. The van der Waals surface area contributed by atoms with Gasteiger partial charge in [-0.2, -0.15) is 4.52 Å². The third-order valence-corrected chi connectivity index (χ3v) is 12.7. The molecule has 0 fully saturated rings. The van der Waals surface area contributed by atoms with Gasteiger partial charge in [-0.05, 0) is 52.8 Å². The quantitative estimate of drug-likeness (QED) is 0.304. The van der Waals surface area contributed by atoms with Crippen molar-refractivity contribution in [2.75, 3.05) is 0 Å². The molecule has 0 aromatic heterocycles. The first-order valence-corrected chi connectivity index (χ1v) is 12.5. The van der Waals surface area contributed by atoms with E-state index >= 15 is 0 Å². The monoisotopic (exact) mass is 391 g/mol. The predicted octanol–water partition coefficient (Wildman–Crippen LogP) is 6.82. The highest BCUT2D eigenvalue weighted by atomic mass is 31.2. The fraction of sp³-hybridized carbons (Fsp3) is 0.636. The minimum atomic E-state index is -1.88. The molecule has 26 heavy (non-hydrogen) atoms. The van der Waals surface area contributed by atoms with E-state index in [4.69, 9.17) is 4.52 Å². The summed E-state index contributed by atoms with van der Waals surface area (Å²) < 4.78 is 5.96. The lowest BCUT2D eigenvalue weighted by atomic mass is 10.2. The van der Waals surface area contributed by atoms with Crippen LogP contribution in [0.2, 0.25) is 0 Å². The molecule has 1 nitrogen and oxygen atoms in total. The van der Waals surface area contributed by atoms with Gasteiger partial charge in [0.1, 0.15) is 0 Å². The second kappa shape index (κ2) is 8.25. The third-order valence-electron chi connectivity index (χ3n) is 4.37. The fourth-order valence-corrected chi connectivity index (χ4v) is 12.6. The molecule has 0 aliphatic carbocycles. The van der Waals surface area contributed by atoms with Crippen molar-refractivity contribution >= 4 is 21.9 Å². The van der Waals surface area contributed by atoms with Crippen LogP contribution in [0, 0.1) is 11.6 Å². The van der Waals surface area contributed by atoms with E-state index in [1.54, 1.807) is 0 Å². The van der Waals surface area contributed by atoms with Gasteiger partial charge in [-0.15, -0.1) is 0 Å². The van der Waals surface area contributed by atoms with Crippen molar-refractivity contribution in [3.05, 3.63) is 35.9 Å². The summed E-state index contributed by atoms with van der Waals surface area (Å²) in [6, 6.07) is 10.4.